The van der Waals surface area contributed by atoms with Gasteiger partial charge in [-0.25, -0.2) is 0 Å². The molecule has 1 aliphatic heterocycles. The number of amides is 1. The van der Waals surface area contributed by atoms with Crippen LogP contribution in [0.15, 0.2) is 0 Å². The Kier molecular flexibility index (Phi) is 5.14. The second-order valence-electron chi connectivity index (χ2n) is 6.14. The molecule has 0 atom stereocenters. The Hall–Kier alpha value is -0.820. The van der Waals surface area contributed by atoms with Crippen LogP contribution in [0.1, 0.15) is 38.5 Å². The number of halogens is 3. The zero-order valence-electron chi connectivity index (χ0n) is 11.9. The summed E-state index contributed by atoms with van der Waals surface area (Å²) in [5.41, 5.74) is -0.947. The molecular weight excluding hydrogens is 287 g/mol. The summed E-state index contributed by atoms with van der Waals surface area (Å²) >= 11 is 0. The standard InChI is InChI=1S/C14H22F3NO3/c15-14(16,17)11-3-1-10(2-4-11)12(19)18-9-13(20)5-7-21-8-6-13/h10-11,20H,1-9H2,(H,18,19). The largest absolute Gasteiger partial charge is 0.391 e. The average Bonchev–Trinajstić information content (AvgIpc) is 2.45. The van der Waals surface area contributed by atoms with E-state index in [1.165, 1.54) is 0 Å². The fourth-order valence-corrected chi connectivity index (χ4v) is 3.01. The van der Waals surface area contributed by atoms with Gasteiger partial charge in [-0.05, 0) is 25.7 Å². The fourth-order valence-electron chi connectivity index (χ4n) is 3.01. The van der Waals surface area contributed by atoms with Crippen molar-refractivity contribution in [2.75, 3.05) is 19.8 Å². The highest BCUT2D eigenvalue weighted by molar-refractivity contribution is 5.78. The Morgan fingerprint density at radius 1 is 1.19 bits per heavy atom. The molecule has 0 aromatic carbocycles. The molecule has 1 aliphatic carbocycles. The number of carbonyl (C=O) groups excluding carboxylic acids is 1. The molecular formula is C14H22F3NO3. The van der Waals surface area contributed by atoms with Gasteiger partial charge in [0.05, 0.1) is 11.5 Å². The minimum atomic E-state index is -4.15. The predicted molar refractivity (Wildman–Crippen MR) is 69.5 cm³/mol. The third-order valence-electron chi connectivity index (χ3n) is 4.58. The summed E-state index contributed by atoms with van der Waals surface area (Å²) in [5, 5.41) is 12.9. The predicted octanol–water partition coefficient (Wildman–Crippen LogP) is 2.01. The molecule has 2 rings (SSSR count). The van der Waals surface area contributed by atoms with E-state index in [2.05, 4.69) is 5.32 Å². The molecule has 122 valence electrons. The van der Waals surface area contributed by atoms with Crippen molar-refractivity contribution in [2.45, 2.75) is 50.3 Å². The fraction of sp³-hybridized carbons (Fsp3) is 0.929. The maximum atomic E-state index is 12.6. The van der Waals surface area contributed by atoms with E-state index < -0.39 is 17.7 Å². The summed E-state index contributed by atoms with van der Waals surface area (Å²) in [7, 11) is 0. The zero-order chi connectivity index (χ0) is 15.5. The number of hydrogen-bond donors (Lipinski definition) is 2. The molecule has 2 fully saturated rings. The Morgan fingerprint density at radius 2 is 1.76 bits per heavy atom. The lowest BCUT2D eigenvalue weighted by molar-refractivity contribution is -0.184. The maximum absolute atomic E-state index is 12.6. The highest BCUT2D eigenvalue weighted by atomic mass is 19.4. The summed E-state index contributed by atoms with van der Waals surface area (Å²) < 4.78 is 42.8. The van der Waals surface area contributed by atoms with Crippen LogP contribution in [0.3, 0.4) is 0 Å². The normalized spacial score (nSPS) is 29.9. The number of rotatable bonds is 3. The number of aliphatic hydroxyl groups is 1. The Bertz CT molecular complexity index is 359. The first-order chi connectivity index (χ1) is 9.80. The maximum Gasteiger partial charge on any atom is 0.391 e. The van der Waals surface area contributed by atoms with E-state index in [1.807, 2.05) is 0 Å². The molecule has 0 bridgehead atoms. The van der Waals surface area contributed by atoms with E-state index in [4.69, 9.17) is 4.74 Å². The van der Waals surface area contributed by atoms with Crippen LogP contribution in [0.25, 0.3) is 0 Å². The van der Waals surface area contributed by atoms with E-state index in [9.17, 15) is 23.1 Å². The topological polar surface area (TPSA) is 58.6 Å². The van der Waals surface area contributed by atoms with Gasteiger partial charge in [0.1, 0.15) is 0 Å². The molecule has 7 heteroatoms. The van der Waals surface area contributed by atoms with Crippen molar-refractivity contribution in [1.82, 2.24) is 5.32 Å². The number of hydrogen-bond acceptors (Lipinski definition) is 3. The summed E-state index contributed by atoms with van der Waals surface area (Å²) in [6.45, 7) is 1.07. The van der Waals surface area contributed by atoms with Gasteiger partial charge in [0.2, 0.25) is 5.91 Å². The minimum absolute atomic E-state index is 0.0136. The quantitative estimate of drug-likeness (QED) is 0.838. The van der Waals surface area contributed by atoms with Crippen molar-refractivity contribution in [3.63, 3.8) is 0 Å². The molecule has 1 saturated carbocycles. The van der Waals surface area contributed by atoms with Crippen molar-refractivity contribution in [2.24, 2.45) is 11.8 Å². The van der Waals surface area contributed by atoms with Crippen molar-refractivity contribution in [3.05, 3.63) is 0 Å². The Morgan fingerprint density at radius 3 is 2.29 bits per heavy atom. The Labute approximate surface area is 122 Å². The number of nitrogens with one attached hydrogen (secondary N) is 1. The molecule has 1 heterocycles. The van der Waals surface area contributed by atoms with Crippen LogP contribution in [-0.2, 0) is 9.53 Å². The van der Waals surface area contributed by atoms with Crippen LogP contribution >= 0.6 is 0 Å². The van der Waals surface area contributed by atoms with Gasteiger partial charge in [-0.3, -0.25) is 4.79 Å². The number of carbonyl (C=O) groups is 1. The van der Waals surface area contributed by atoms with Crippen LogP contribution in [0.2, 0.25) is 0 Å². The van der Waals surface area contributed by atoms with Gasteiger partial charge in [-0.2, -0.15) is 13.2 Å². The van der Waals surface area contributed by atoms with Crippen molar-refractivity contribution >= 4 is 5.91 Å². The number of alkyl halides is 3. The molecule has 2 N–H and O–H groups in total. The van der Waals surface area contributed by atoms with E-state index in [0.717, 1.165) is 0 Å². The molecule has 1 saturated heterocycles. The lowest BCUT2D eigenvalue weighted by Crippen LogP contribution is -2.48. The van der Waals surface area contributed by atoms with Gasteiger partial charge in [-0.1, -0.05) is 0 Å². The monoisotopic (exact) mass is 309 g/mol. The molecule has 0 radical (unpaired) electrons. The second kappa shape index (κ2) is 6.52. The van der Waals surface area contributed by atoms with Gasteiger partial charge in [0, 0.05) is 38.5 Å². The SMILES string of the molecule is O=C(NCC1(O)CCOCC1)C1CCC(C(F)(F)F)CC1. The molecule has 21 heavy (non-hydrogen) atoms. The first kappa shape index (κ1) is 16.5. The summed E-state index contributed by atoms with van der Waals surface area (Å²) in [4.78, 5) is 12.0. The smallest absolute Gasteiger partial charge is 0.388 e. The number of ether oxygens (including phenoxy) is 1. The first-order valence-corrected chi connectivity index (χ1v) is 7.45. The molecule has 0 aromatic heterocycles. The second-order valence-corrected chi connectivity index (χ2v) is 6.14. The van der Waals surface area contributed by atoms with Gasteiger partial charge >= 0.3 is 6.18 Å². The van der Waals surface area contributed by atoms with Crippen LogP contribution in [0, 0.1) is 11.8 Å². The van der Waals surface area contributed by atoms with Crippen LogP contribution < -0.4 is 5.32 Å². The van der Waals surface area contributed by atoms with Gasteiger partial charge in [0.15, 0.2) is 0 Å². The van der Waals surface area contributed by atoms with Crippen molar-refractivity contribution < 1.29 is 27.8 Å². The van der Waals surface area contributed by atoms with Gasteiger partial charge < -0.3 is 15.2 Å². The zero-order valence-corrected chi connectivity index (χ0v) is 11.9. The Balaban J connectivity index is 1.75. The minimum Gasteiger partial charge on any atom is -0.388 e. The highest BCUT2D eigenvalue weighted by Gasteiger charge is 2.42. The highest BCUT2D eigenvalue weighted by Crippen LogP contribution is 2.39. The third kappa shape index (κ3) is 4.57. The lowest BCUT2D eigenvalue weighted by atomic mass is 9.81. The molecule has 0 aromatic rings. The summed E-state index contributed by atoms with van der Waals surface area (Å²) in [5.74, 6) is -1.89. The molecule has 4 nitrogen and oxygen atoms in total. The van der Waals surface area contributed by atoms with Crippen LogP contribution in [0.4, 0.5) is 13.2 Å². The van der Waals surface area contributed by atoms with Crippen molar-refractivity contribution in [3.8, 4) is 0 Å². The molecule has 0 unspecified atom stereocenters. The van der Waals surface area contributed by atoms with Crippen LogP contribution in [0.5, 0.6) is 0 Å². The third-order valence-corrected chi connectivity index (χ3v) is 4.58. The van der Waals surface area contributed by atoms with Gasteiger partial charge in [0.25, 0.3) is 0 Å². The van der Waals surface area contributed by atoms with Crippen molar-refractivity contribution in [1.29, 1.82) is 0 Å². The van der Waals surface area contributed by atoms with Gasteiger partial charge in [-0.15, -0.1) is 0 Å². The molecule has 1 amide bonds. The van der Waals surface area contributed by atoms with E-state index in [-0.39, 0.29) is 44.1 Å². The summed E-state index contributed by atoms with van der Waals surface area (Å²) in [6.07, 6.45) is -2.67. The van der Waals surface area contributed by atoms with E-state index in [1.54, 1.807) is 0 Å². The summed E-state index contributed by atoms with van der Waals surface area (Å²) in [6, 6.07) is 0. The van der Waals surface area contributed by atoms with E-state index in [0.29, 0.717) is 26.1 Å². The van der Waals surface area contributed by atoms with E-state index >= 15 is 0 Å². The molecule has 2 aliphatic rings. The lowest BCUT2D eigenvalue weighted by Gasteiger charge is -2.33. The first-order valence-electron chi connectivity index (χ1n) is 7.45. The average molecular weight is 309 g/mol. The molecule has 0 spiro atoms. The van der Waals surface area contributed by atoms with Crippen LogP contribution in [-0.4, -0.2) is 42.5 Å².